The van der Waals surface area contributed by atoms with Crippen molar-refractivity contribution in [1.29, 1.82) is 0 Å². The number of amides is 1. The van der Waals surface area contributed by atoms with Gasteiger partial charge in [0.25, 0.3) is 0 Å². The zero-order valence-corrected chi connectivity index (χ0v) is 12.1. The van der Waals surface area contributed by atoms with Crippen molar-refractivity contribution in [2.24, 2.45) is 0 Å². The number of carboxylic acids is 1. The first kappa shape index (κ1) is 16.0. The molecular formula is C15H21NO4. The van der Waals surface area contributed by atoms with Crippen molar-refractivity contribution < 1.29 is 19.8 Å². The molecule has 2 N–H and O–H groups in total. The van der Waals surface area contributed by atoms with Crippen LogP contribution in [-0.2, 0) is 16.0 Å². The van der Waals surface area contributed by atoms with E-state index in [2.05, 4.69) is 0 Å². The molecule has 0 atom stereocenters. The Bertz CT molecular complexity index is 474. The molecule has 0 aliphatic rings. The maximum absolute atomic E-state index is 12.3. The molecule has 1 aromatic carbocycles. The Morgan fingerprint density at radius 2 is 1.70 bits per heavy atom. The molecule has 110 valence electrons. The molecule has 1 rings (SSSR count). The first-order chi connectivity index (χ1) is 9.20. The quantitative estimate of drug-likeness (QED) is 0.864. The summed E-state index contributed by atoms with van der Waals surface area (Å²) in [5, 5.41) is 18.0. The van der Waals surface area contributed by atoms with Crippen molar-refractivity contribution in [2.75, 3.05) is 6.54 Å². The Labute approximate surface area is 118 Å². The summed E-state index contributed by atoms with van der Waals surface area (Å²) in [4.78, 5) is 24.6. The molecule has 20 heavy (non-hydrogen) atoms. The number of nitrogens with zero attached hydrogens (tertiary/aromatic N) is 1. The number of carbonyl (C=O) groups is 2. The van der Waals surface area contributed by atoms with E-state index in [1.807, 2.05) is 20.8 Å². The lowest BCUT2D eigenvalue weighted by Gasteiger charge is -2.35. The maximum atomic E-state index is 12.3. The van der Waals surface area contributed by atoms with E-state index in [1.54, 1.807) is 17.0 Å². The summed E-state index contributed by atoms with van der Waals surface area (Å²) in [6, 6.07) is 6.43. The Morgan fingerprint density at radius 1 is 1.15 bits per heavy atom. The second-order valence-electron chi connectivity index (χ2n) is 5.70. The minimum absolute atomic E-state index is 0.0708. The van der Waals surface area contributed by atoms with Gasteiger partial charge in [0.15, 0.2) is 0 Å². The largest absolute Gasteiger partial charge is 0.508 e. The fourth-order valence-electron chi connectivity index (χ4n) is 1.93. The lowest BCUT2D eigenvalue weighted by molar-refractivity contribution is -0.140. The SMILES string of the molecule is CC(C)(C)N(CCC(=O)O)C(=O)Cc1ccc(O)cc1. The fraction of sp³-hybridized carbons (Fsp3) is 0.467. The van der Waals surface area contributed by atoms with E-state index in [1.165, 1.54) is 12.1 Å². The number of aromatic hydroxyl groups is 1. The van der Waals surface area contributed by atoms with Gasteiger partial charge in [-0.2, -0.15) is 0 Å². The summed E-state index contributed by atoms with van der Waals surface area (Å²) in [5.41, 5.74) is 0.362. The van der Waals surface area contributed by atoms with Crippen LogP contribution in [0.3, 0.4) is 0 Å². The molecule has 1 amide bonds. The average molecular weight is 279 g/mol. The predicted octanol–water partition coefficient (Wildman–Crippen LogP) is 2.04. The third-order valence-corrected chi connectivity index (χ3v) is 2.95. The van der Waals surface area contributed by atoms with Crippen LogP contribution in [0.1, 0.15) is 32.8 Å². The minimum Gasteiger partial charge on any atom is -0.508 e. The number of hydrogen-bond donors (Lipinski definition) is 2. The van der Waals surface area contributed by atoms with E-state index in [0.29, 0.717) is 0 Å². The molecule has 0 aliphatic carbocycles. The molecule has 0 aliphatic heterocycles. The Morgan fingerprint density at radius 3 is 2.15 bits per heavy atom. The number of benzene rings is 1. The van der Waals surface area contributed by atoms with Crippen LogP contribution in [0.25, 0.3) is 0 Å². The lowest BCUT2D eigenvalue weighted by atomic mass is 10.0. The average Bonchev–Trinajstić information content (AvgIpc) is 2.30. The topological polar surface area (TPSA) is 77.8 Å². The number of phenols is 1. The molecule has 0 aromatic heterocycles. The van der Waals surface area contributed by atoms with Crippen LogP contribution in [0.15, 0.2) is 24.3 Å². The van der Waals surface area contributed by atoms with E-state index in [-0.39, 0.29) is 31.0 Å². The van der Waals surface area contributed by atoms with Gasteiger partial charge in [0.05, 0.1) is 12.8 Å². The van der Waals surface area contributed by atoms with Crippen molar-refractivity contribution in [3.8, 4) is 5.75 Å². The van der Waals surface area contributed by atoms with Gasteiger partial charge in [-0.25, -0.2) is 0 Å². The minimum atomic E-state index is -0.920. The summed E-state index contributed by atoms with van der Waals surface area (Å²) in [6.45, 7) is 5.83. The van der Waals surface area contributed by atoms with E-state index in [9.17, 15) is 14.7 Å². The van der Waals surface area contributed by atoms with E-state index >= 15 is 0 Å². The van der Waals surface area contributed by atoms with Gasteiger partial charge < -0.3 is 15.1 Å². The number of carboxylic acid groups (broad SMARTS) is 1. The highest BCUT2D eigenvalue weighted by atomic mass is 16.4. The third-order valence-electron chi connectivity index (χ3n) is 2.95. The van der Waals surface area contributed by atoms with Gasteiger partial charge in [-0.1, -0.05) is 12.1 Å². The van der Waals surface area contributed by atoms with Gasteiger partial charge in [-0.05, 0) is 38.5 Å². The third kappa shape index (κ3) is 4.91. The van der Waals surface area contributed by atoms with Crippen LogP contribution in [0.2, 0.25) is 0 Å². The maximum Gasteiger partial charge on any atom is 0.305 e. The second kappa shape index (κ2) is 6.41. The molecule has 0 saturated carbocycles. The van der Waals surface area contributed by atoms with Gasteiger partial charge in [-0.15, -0.1) is 0 Å². The van der Waals surface area contributed by atoms with Gasteiger partial charge in [0.2, 0.25) is 5.91 Å². The summed E-state index contributed by atoms with van der Waals surface area (Å²) in [5.74, 6) is -0.888. The monoisotopic (exact) mass is 279 g/mol. The zero-order valence-electron chi connectivity index (χ0n) is 12.1. The molecule has 1 aromatic rings. The van der Waals surface area contributed by atoms with Crippen LogP contribution < -0.4 is 0 Å². The summed E-state index contributed by atoms with van der Waals surface area (Å²) in [7, 11) is 0. The molecule has 0 saturated heterocycles. The predicted molar refractivity (Wildman–Crippen MR) is 75.5 cm³/mol. The van der Waals surface area contributed by atoms with Crippen molar-refractivity contribution in [2.45, 2.75) is 39.2 Å². The first-order valence-electron chi connectivity index (χ1n) is 6.50. The summed E-state index contributed by atoms with van der Waals surface area (Å²) >= 11 is 0. The van der Waals surface area contributed by atoms with E-state index in [0.717, 1.165) is 5.56 Å². The van der Waals surface area contributed by atoms with Crippen LogP contribution in [0.5, 0.6) is 5.75 Å². The molecule has 0 radical (unpaired) electrons. The van der Waals surface area contributed by atoms with Crippen molar-refractivity contribution in [3.63, 3.8) is 0 Å². The summed E-state index contributed by atoms with van der Waals surface area (Å²) < 4.78 is 0. The first-order valence-corrected chi connectivity index (χ1v) is 6.50. The lowest BCUT2D eigenvalue weighted by Crippen LogP contribution is -2.47. The van der Waals surface area contributed by atoms with Crippen LogP contribution >= 0.6 is 0 Å². The van der Waals surface area contributed by atoms with Crippen molar-refractivity contribution >= 4 is 11.9 Å². The Balaban J connectivity index is 2.77. The molecule has 0 heterocycles. The number of aliphatic carboxylic acids is 1. The molecule has 0 bridgehead atoms. The molecule has 5 nitrogen and oxygen atoms in total. The second-order valence-corrected chi connectivity index (χ2v) is 5.70. The van der Waals surface area contributed by atoms with E-state index < -0.39 is 11.5 Å². The highest BCUT2D eigenvalue weighted by Gasteiger charge is 2.26. The van der Waals surface area contributed by atoms with Gasteiger partial charge in [0, 0.05) is 12.1 Å². The smallest absolute Gasteiger partial charge is 0.305 e. The van der Waals surface area contributed by atoms with Crippen LogP contribution in [0.4, 0.5) is 0 Å². The highest BCUT2D eigenvalue weighted by Crippen LogP contribution is 2.17. The van der Waals surface area contributed by atoms with Crippen molar-refractivity contribution in [1.82, 2.24) is 4.90 Å². The molecule has 5 heteroatoms. The number of rotatable bonds is 5. The number of carbonyl (C=O) groups excluding carboxylic acids is 1. The van der Waals surface area contributed by atoms with Gasteiger partial charge >= 0.3 is 5.97 Å². The molecule has 0 unspecified atom stereocenters. The molecule has 0 fully saturated rings. The molecule has 0 spiro atoms. The Kier molecular flexibility index (Phi) is 5.13. The van der Waals surface area contributed by atoms with Crippen LogP contribution in [-0.4, -0.2) is 39.1 Å². The van der Waals surface area contributed by atoms with Crippen molar-refractivity contribution in [3.05, 3.63) is 29.8 Å². The normalized spacial score (nSPS) is 11.2. The van der Waals surface area contributed by atoms with Gasteiger partial charge in [-0.3, -0.25) is 9.59 Å². The highest BCUT2D eigenvalue weighted by molar-refractivity contribution is 5.80. The number of phenolic OH excluding ortho intramolecular Hbond substituents is 1. The van der Waals surface area contributed by atoms with E-state index in [4.69, 9.17) is 5.11 Å². The number of hydrogen-bond acceptors (Lipinski definition) is 3. The summed E-state index contributed by atoms with van der Waals surface area (Å²) in [6.07, 6.45) is 0.121. The van der Waals surface area contributed by atoms with Gasteiger partial charge in [0.1, 0.15) is 5.75 Å². The van der Waals surface area contributed by atoms with Crippen LogP contribution in [0, 0.1) is 0 Å². The standard InChI is InChI=1S/C15H21NO4/c1-15(2,3)16(9-8-14(19)20)13(18)10-11-4-6-12(17)7-5-11/h4-7,17H,8-10H2,1-3H3,(H,19,20). The fourth-order valence-corrected chi connectivity index (χ4v) is 1.93. The molecular weight excluding hydrogens is 258 g/mol. The zero-order chi connectivity index (χ0) is 15.3. The Hall–Kier alpha value is -2.04.